The van der Waals surface area contributed by atoms with E-state index in [1.54, 1.807) is 0 Å². The highest BCUT2D eigenvalue weighted by molar-refractivity contribution is 5.69. The Kier molecular flexibility index (Phi) is 2.94. The Balaban J connectivity index is 2.08. The van der Waals surface area contributed by atoms with Gasteiger partial charge in [0.05, 0.1) is 12.9 Å². The second kappa shape index (κ2) is 4.52. The third-order valence-corrected chi connectivity index (χ3v) is 3.26. The van der Waals surface area contributed by atoms with Crippen LogP contribution in [-0.4, -0.2) is 64.7 Å². The Bertz CT molecular complexity index is 697. The van der Waals surface area contributed by atoms with Gasteiger partial charge in [0.25, 0.3) is 0 Å². The molecule has 4 N–H and O–H groups in total. The minimum absolute atomic E-state index is 0.0927. The smallest absolute Gasteiger partial charge is 0.314 e. The Labute approximate surface area is 111 Å². The van der Waals surface area contributed by atoms with Crippen molar-refractivity contribution in [2.45, 2.75) is 24.5 Å². The van der Waals surface area contributed by atoms with Crippen LogP contribution in [0.5, 0.6) is 0 Å². The molecule has 1 aliphatic heterocycles. The highest BCUT2D eigenvalue weighted by atomic mass is 16.6. The van der Waals surface area contributed by atoms with Crippen LogP contribution >= 0.6 is 0 Å². The topological polar surface area (TPSA) is 143 Å². The van der Waals surface area contributed by atoms with Gasteiger partial charge in [-0.3, -0.25) is 9.36 Å². The minimum Gasteiger partial charge on any atom is -0.424 e. The maximum absolute atomic E-state index is 11.6. The molecule has 3 rings (SSSR count). The number of fused-ring (bicyclic) bond motifs is 1. The molecule has 0 spiro atoms. The molecule has 0 amide bonds. The van der Waals surface area contributed by atoms with Crippen LogP contribution in [0, 0.1) is 0 Å². The molecular formula is C10H12N4O6. The first-order valence-corrected chi connectivity index (χ1v) is 5.80. The molecule has 2 aromatic heterocycles. The number of aliphatic hydroxyl groups excluding tert-OH is 3. The van der Waals surface area contributed by atoms with E-state index in [9.17, 15) is 20.2 Å². The fourth-order valence-corrected chi connectivity index (χ4v) is 2.20. The Morgan fingerprint density at radius 1 is 1.25 bits per heavy atom. The lowest BCUT2D eigenvalue weighted by Crippen LogP contribution is -2.33. The summed E-state index contributed by atoms with van der Waals surface area (Å²) in [4.78, 5) is 19.3. The minimum atomic E-state index is -1.30. The van der Waals surface area contributed by atoms with E-state index in [0.717, 1.165) is 6.33 Å². The normalized spacial score (nSPS) is 30.1. The van der Waals surface area contributed by atoms with Crippen LogP contribution in [-0.2, 0) is 4.74 Å². The SMILES string of the molecule is O=c1c2ncn(C3OC(CO)C(O)C3O)c2ncn1O. The molecule has 1 saturated heterocycles. The van der Waals surface area contributed by atoms with Crippen LogP contribution in [0.15, 0.2) is 17.4 Å². The van der Waals surface area contributed by atoms with Gasteiger partial charge in [-0.1, -0.05) is 0 Å². The van der Waals surface area contributed by atoms with Gasteiger partial charge in [-0.2, -0.15) is 0 Å². The average molecular weight is 284 g/mol. The molecule has 0 radical (unpaired) electrons. The van der Waals surface area contributed by atoms with Crippen molar-refractivity contribution in [3.63, 3.8) is 0 Å². The summed E-state index contributed by atoms with van der Waals surface area (Å²) < 4.78 is 6.87. The van der Waals surface area contributed by atoms with Crippen molar-refractivity contribution in [2.75, 3.05) is 6.61 Å². The number of aliphatic hydroxyl groups is 3. The summed E-state index contributed by atoms with van der Waals surface area (Å²) in [6.45, 7) is -0.460. The molecule has 4 unspecified atom stereocenters. The summed E-state index contributed by atoms with van der Waals surface area (Å²) >= 11 is 0. The lowest BCUT2D eigenvalue weighted by molar-refractivity contribution is -0.0511. The van der Waals surface area contributed by atoms with Gasteiger partial charge < -0.3 is 25.3 Å². The summed E-state index contributed by atoms with van der Waals surface area (Å²) in [5.74, 6) is 0. The molecule has 0 saturated carbocycles. The van der Waals surface area contributed by atoms with E-state index in [1.807, 2.05) is 0 Å². The molecule has 20 heavy (non-hydrogen) atoms. The number of hydrogen-bond acceptors (Lipinski definition) is 8. The summed E-state index contributed by atoms with van der Waals surface area (Å²) in [5.41, 5.74) is -0.775. The van der Waals surface area contributed by atoms with Crippen LogP contribution in [0.25, 0.3) is 11.2 Å². The standard InChI is InChI=1S/C10H12N4O6/c15-1-4-6(16)7(17)10(20-4)13-2-11-5-8(13)12-3-14(19)9(5)18/h2-4,6-7,10,15-17,19H,1H2. The van der Waals surface area contributed by atoms with Gasteiger partial charge in [-0.25, -0.2) is 9.97 Å². The molecule has 1 fully saturated rings. The van der Waals surface area contributed by atoms with Crippen LogP contribution in [0.1, 0.15) is 6.23 Å². The fraction of sp³-hybridized carbons (Fsp3) is 0.500. The van der Waals surface area contributed by atoms with Gasteiger partial charge in [0.1, 0.15) is 24.6 Å². The second-order valence-electron chi connectivity index (χ2n) is 4.45. The first kappa shape index (κ1) is 13.0. The number of hydrogen-bond donors (Lipinski definition) is 4. The molecule has 108 valence electrons. The van der Waals surface area contributed by atoms with E-state index >= 15 is 0 Å². The molecule has 3 heterocycles. The molecule has 10 nitrogen and oxygen atoms in total. The predicted octanol–water partition coefficient (Wildman–Crippen LogP) is -2.56. The second-order valence-corrected chi connectivity index (χ2v) is 4.45. The average Bonchev–Trinajstić information content (AvgIpc) is 2.98. The van der Waals surface area contributed by atoms with Crippen molar-refractivity contribution in [3.8, 4) is 0 Å². The molecule has 4 atom stereocenters. The van der Waals surface area contributed by atoms with Gasteiger partial charge >= 0.3 is 5.56 Å². The highest BCUT2D eigenvalue weighted by Gasteiger charge is 2.44. The van der Waals surface area contributed by atoms with Gasteiger partial charge in [-0.05, 0) is 0 Å². The van der Waals surface area contributed by atoms with Gasteiger partial charge in [0.2, 0.25) is 0 Å². The van der Waals surface area contributed by atoms with Crippen molar-refractivity contribution < 1.29 is 25.3 Å². The number of aromatic nitrogens is 4. The van der Waals surface area contributed by atoms with Gasteiger partial charge in [0, 0.05) is 0 Å². The van der Waals surface area contributed by atoms with Crippen molar-refractivity contribution in [3.05, 3.63) is 23.0 Å². The summed E-state index contributed by atoms with van der Waals surface area (Å²) in [5, 5.41) is 37.9. The molecule has 0 aromatic carbocycles. The number of nitrogens with zero attached hydrogens (tertiary/aromatic N) is 4. The number of rotatable bonds is 2. The number of ether oxygens (including phenoxy) is 1. The van der Waals surface area contributed by atoms with Gasteiger partial charge in [0.15, 0.2) is 17.4 Å². The Hall–Kier alpha value is -2.01. The predicted molar refractivity (Wildman–Crippen MR) is 62.0 cm³/mol. The quantitative estimate of drug-likeness (QED) is 0.441. The maximum Gasteiger partial charge on any atom is 0.314 e. The summed E-state index contributed by atoms with van der Waals surface area (Å²) in [6, 6.07) is 0. The third-order valence-electron chi connectivity index (χ3n) is 3.26. The zero-order chi connectivity index (χ0) is 14.4. The molecule has 10 heteroatoms. The molecule has 2 aromatic rings. The fourth-order valence-electron chi connectivity index (χ4n) is 2.20. The molecular weight excluding hydrogens is 272 g/mol. The van der Waals surface area contributed by atoms with Crippen LogP contribution in [0.2, 0.25) is 0 Å². The number of imidazole rings is 1. The van der Waals surface area contributed by atoms with Crippen LogP contribution in [0.3, 0.4) is 0 Å². The van der Waals surface area contributed by atoms with Crippen molar-refractivity contribution >= 4 is 11.2 Å². The van der Waals surface area contributed by atoms with Crippen molar-refractivity contribution in [1.29, 1.82) is 0 Å². The molecule has 0 aliphatic carbocycles. The highest BCUT2D eigenvalue weighted by Crippen LogP contribution is 2.30. The summed E-state index contributed by atoms with van der Waals surface area (Å²) in [6.07, 6.45) is -2.44. The van der Waals surface area contributed by atoms with E-state index in [2.05, 4.69) is 9.97 Å². The lowest BCUT2D eigenvalue weighted by atomic mass is 10.1. The van der Waals surface area contributed by atoms with Crippen LogP contribution < -0.4 is 5.56 Å². The largest absolute Gasteiger partial charge is 0.424 e. The molecule has 0 bridgehead atoms. The zero-order valence-corrected chi connectivity index (χ0v) is 10.1. The zero-order valence-electron chi connectivity index (χ0n) is 10.1. The van der Waals surface area contributed by atoms with E-state index in [-0.39, 0.29) is 15.9 Å². The monoisotopic (exact) mass is 284 g/mol. The van der Waals surface area contributed by atoms with E-state index in [0.29, 0.717) is 0 Å². The first-order valence-electron chi connectivity index (χ1n) is 5.80. The first-order chi connectivity index (χ1) is 9.54. The van der Waals surface area contributed by atoms with Crippen molar-refractivity contribution in [1.82, 2.24) is 19.3 Å². The third kappa shape index (κ3) is 1.70. The van der Waals surface area contributed by atoms with Crippen molar-refractivity contribution in [2.24, 2.45) is 0 Å². The van der Waals surface area contributed by atoms with E-state index < -0.39 is 36.7 Å². The maximum atomic E-state index is 11.6. The van der Waals surface area contributed by atoms with E-state index in [1.165, 1.54) is 10.9 Å². The Morgan fingerprint density at radius 2 is 2.00 bits per heavy atom. The summed E-state index contributed by atoms with van der Waals surface area (Å²) in [7, 11) is 0. The molecule has 1 aliphatic rings. The van der Waals surface area contributed by atoms with Crippen LogP contribution in [0.4, 0.5) is 0 Å². The van der Waals surface area contributed by atoms with Gasteiger partial charge in [-0.15, -0.1) is 4.73 Å². The Morgan fingerprint density at radius 3 is 2.65 bits per heavy atom. The lowest BCUT2D eigenvalue weighted by Gasteiger charge is -2.16. The van der Waals surface area contributed by atoms with E-state index in [4.69, 9.17) is 9.84 Å².